The van der Waals surface area contributed by atoms with Gasteiger partial charge in [-0.05, 0) is 43.7 Å². The van der Waals surface area contributed by atoms with Crippen LogP contribution in [-0.4, -0.2) is 42.6 Å². The second kappa shape index (κ2) is 13.2. The van der Waals surface area contributed by atoms with Crippen LogP contribution >= 0.6 is 0 Å². The van der Waals surface area contributed by atoms with Gasteiger partial charge < -0.3 is 19.5 Å². The zero-order valence-electron chi connectivity index (χ0n) is 23.3. The third kappa shape index (κ3) is 9.32. The smallest absolute Gasteiger partial charge is 0.408 e. The Morgan fingerprint density at radius 3 is 1.79 bits per heavy atom. The zero-order chi connectivity index (χ0) is 28.5. The van der Waals surface area contributed by atoms with E-state index < -0.39 is 52.7 Å². The molecule has 1 N–H and O–H groups in total. The first-order valence-corrected chi connectivity index (χ1v) is 12.6. The molecule has 0 aromatic heterocycles. The second-order valence-electron chi connectivity index (χ2n) is 11.2. The molecule has 1 amide bonds. The highest BCUT2D eigenvalue weighted by molar-refractivity contribution is 6.06. The molecule has 0 aliphatic heterocycles. The van der Waals surface area contributed by atoms with E-state index in [0.717, 1.165) is 11.1 Å². The van der Waals surface area contributed by atoms with E-state index in [1.165, 1.54) is 7.11 Å². The van der Waals surface area contributed by atoms with Crippen molar-refractivity contribution in [1.29, 1.82) is 0 Å². The van der Waals surface area contributed by atoms with Crippen molar-refractivity contribution in [3.63, 3.8) is 0 Å². The average Bonchev–Trinajstić information content (AvgIpc) is 2.84. The van der Waals surface area contributed by atoms with Crippen LogP contribution in [0.25, 0.3) is 0 Å². The van der Waals surface area contributed by atoms with E-state index in [4.69, 9.17) is 14.2 Å². The predicted molar refractivity (Wildman–Crippen MR) is 143 cm³/mol. The number of hydrogen-bond donors (Lipinski definition) is 1. The number of amides is 1. The van der Waals surface area contributed by atoms with E-state index in [1.807, 2.05) is 36.4 Å². The van der Waals surface area contributed by atoms with E-state index in [0.29, 0.717) is 0 Å². The van der Waals surface area contributed by atoms with Gasteiger partial charge in [-0.1, -0.05) is 81.4 Å². The lowest BCUT2D eigenvalue weighted by molar-refractivity contribution is -0.170. The molecule has 0 aliphatic carbocycles. The van der Waals surface area contributed by atoms with Gasteiger partial charge >= 0.3 is 18.0 Å². The minimum Gasteiger partial charge on any atom is -0.469 e. The monoisotopic (exact) mass is 525 g/mol. The number of ketones is 1. The molecule has 0 saturated heterocycles. The lowest BCUT2D eigenvalue weighted by atomic mass is 9.75. The Labute approximate surface area is 225 Å². The number of methoxy groups -OCH3 is 1. The summed E-state index contributed by atoms with van der Waals surface area (Å²) in [6.07, 6.45) is -0.749. The molecule has 1 unspecified atom stereocenters. The van der Waals surface area contributed by atoms with E-state index >= 15 is 0 Å². The molecule has 3 atom stereocenters. The maximum Gasteiger partial charge on any atom is 0.408 e. The number of esters is 2. The van der Waals surface area contributed by atoms with Gasteiger partial charge in [0.1, 0.15) is 18.1 Å². The minimum absolute atomic E-state index is 0.00597. The maximum absolute atomic E-state index is 14.1. The van der Waals surface area contributed by atoms with Gasteiger partial charge in [-0.15, -0.1) is 0 Å². The topological polar surface area (TPSA) is 108 Å². The van der Waals surface area contributed by atoms with E-state index in [2.05, 4.69) is 5.32 Å². The lowest BCUT2D eigenvalue weighted by Gasteiger charge is -2.34. The summed E-state index contributed by atoms with van der Waals surface area (Å²) in [4.78, 5) is 53.3. The number of hydrogen-bond acceptors (Lipinski definition) is 7. The normalized spacial score (nSPS) is 14.0. The van der Waals surface area contributed by atoms with Crippen molar-refractivity contribution in [3.05, 3.63) is 71.8 Å². The molecule has 38 heavy (non-hydrogen) atoms. The average molecular weight is 526 g/mol. The number of carbonyl (C=O) groups excluding carboxylic acids is 4. The molecular weight excluding hydrogens is 486 g/mol. The predicted octanol–water partition coefficient (Wildman–Crippen LogP) is 4.89. The van der Waals surface area contributed by atoms with Crippen molar-refractivity contribution < 1.29 is 33.4 Å². The third-order valence-corrected chi connectivity index (χ3v) is 5.80. The van der Waals surface area contributed by atoms with Crippen LogP contribution in [0.2, 0.25) is 0 Å². The standard InChI is InChI=1S/C30H39NO7/c1-29(2,3)25(31-28(35)37-19-21-16-12-9-13-17-21)24(32)23(27(34)38-30(4,5)6)22(26(33)36-7)18-20-14-10-8-11-15-20/h8-17,22-23,25H,18-19H2,1-7H3,(H,31,35)/t22-,23?,25-/m1/s1. The van der Waals surface area contributed by atoms with Crippen LogP contribution < -0.4 is 5.32 Å². The first-order chi connectivity index (χ1) is 17.7. The summed E-state index contributed by atoms with van der Waals surface area (Å²) in [6, 6.07) is 17.0. The number of alkyl carbamates (subject to hydrolysis) is 1. The molecule has 2 aromatic rings. The highest BCUT2D eigenvalue weighted by Crippen LogP contribution is 2.30. The Bertz CT molecular complexity index is 1090. The fraction of sp³-hybridized carbons (Fsp3) is 0.467. The minimum atomic E-state index is -1.53. The molecule has 0 heterocycles. The SMILES string of the molecule is COC(=O)[C@H](Cc1ccccc1)C(C(=O)OC(C)(C)C)C(=O)[C@@H](NC(=O)OCc1ccccc1)C(C)(C)C. The number of benzene rings is 2. The summed E-state index contributed by atoms with van der Waals surface area (Å²) in [5, 5.41) is 2.63. The van der Waals surface area contributed by atoms with Crippen LogP contribution in [0.4, 0.5) is 4.79 Å². The maximum atomic E-state index is 14.1. The highest BCUT2D eigenvalue weighted by Gasteiger charge is 2.48. The summed E-state index contributed by atoms with van der Waals surface area (Å²) in [5.74, 6) is -4.94. The molecule has 0 radical (unpaired) electrons. The first-order valence-electron chi connectivity index (χ1n) is 12.6. The van der Waals surface area contributed by atoms with Crippen LogP contribution in [0.1, 0.15) is 52.7 Å². The Balaban J connectivity index is 2.42. The molecule has 0 bridgehead atoms. The van der Waals surface area contributed by atoms with Crippen LogP contribution in [0.15, 0.2) is 60.7 Å². The van der Waals surface area contributed by atoms with Crippen molar-refractivity contribution in [2.75, 3.05) is 7.11 Å². The number of ether oxygens (including phenoxy) is 3. The highest BCUT2D eigenvalue weighted by atomic mass is 16.6. The van der Waals surface area contributed by atoms with Gasteiger partial charge in [0, 0.05) is 0 Å². The van der Waals surface area contributed by atoms with E-state index in [-0.39, 0.29) is 13.0 Å². The Morgan fingerprint density at radius 1 is 0.789 bits per heavy atom. The largest absolute Gasteiger partial charge is 0.469 e. The van der Waals surface area contributed by atoms with Gasteiger partial charge in [-0.25, -0.2) is 4.79 Å². The molecule has 0 fully saturated rings. The van der Waals surface area contributed by atoms with Crippen molar-refractivity contribution in [1.82, 2.24) is 5.32 Å². The fourth-order valence-corrected chi connectivity index (χ4v) is 3.98. The molecular formula is C30H39NO7. The number of rotatable bonds is 10. The zero-order valence-corrected chi connectivity index (χ0v) is 23.3. The number of nitrogens with one attached hydrogen (secondary N) is 1. The summed E-state index contributed by atoms with van der Waals surface area (Å²) < 4.78 is 16.0. The molecule has 8 nitrogen and oxygen atoms in total. The van der Waals surface area contributed by atoms with Gasteiger partial charge in [0.15, 0.2) is 5.78 Å². The number of carbonyl (C=O) groups is 4. The lowest BCUT2D eigenvalue weighted by Crippen LogP contribution is -2.55. The molecule has 0 spiro atoms. The van der Waals surface area contributed by atoms with Gasteiger partial charge in [-0.2, -0.15) is 0 Å². The molecule has 2 aromatic carbocycles. The Kier molecular flexibility index (Phi) is 10.6. The Morgan fingerprint density at radius 2 is 1.32 bits per heavy atom. The van der Waals surface area contributed by atoms with Crippen LogP contribution in [0.3, 0.4) is 0 Å². The molecule has 8 heteroatoms. The Hall–Kier alpha value is -3.68. The molecule has 0 saturated carbocycles. The van der Waals surface area contributed by atoms with Gasteiger partial charge in [0.05, 0.1) is 19.1 Å². The summed E-state index contributed by atoms with van der Waals surface area (Å²) in [5.41, 5.74) is -0.216. The van der Waals surface area contributed by atoms with Crippen LogP contribution in [-0.2, 0) is 41.6 Å². The van der Waals surface area contributed by atoms with Crippen LogP contribution in [0, 0.1) is 17.3 Å². The summed E-state index contributed by atoms with van der Waals surface area (Å²) in [6.45, 7) is 10.3. The van der Waals surface area contributed by atoms with Crippen molar-refractivity contribution in [3.8, 4) is 0 Å². The quantitative estimate of drug-likeness (QED) is 0.267. The van der Waals surface area contributed by atoms with Crippen molar-refractivity contribution in [2.24, 2.45) is 17.3 Å². The first kappa shape index (κ1) is 30.5. The van der Waals surface area contributed by atoms with Crippen LogP contribution in [0.5, 0.6) is 0 Å². The van der Waals surface area contributed by atoms with Crippen molar-refractivity contribution in [2.45, 2.75) is 66.2 Å². The van der Waals surface area contributed by atoms with Gasteiger partial charge in [0.25, 0.3) is 0 Å². The summed E-state index contributed by atoms with van der Waals surface area (Å²) in [7, 11) is 1.21. The molecule has 206 valence electrons. The van der Waals surface area contributed by atoms with Gasteiger partial charge in [0.2, 0.25) is 0 Å². The molecule has 0 aliphatic rings. The second-order valence-corrected chi connectivity index (χ2v) is 11.2. The van der Waals surface area contributed by atoms with E-state index in [9.17, 15) is 19.2 Å². The van der Waals surface area contributed by atoms with Crippen molar-refractivity contribution >= 4 is 23.8 Å². The third-order valence-electron chi connectivity index (χ3n) is 5.80. The van der Waals surface area contributed by atoms with Gasteiger partial charge in [-0.3, -0.25) is 14.4 Å². The summed E-state index contributed by atoms with van der Waals surface area (Å²) >= 11 is 0. The molecule has 2 rings (SSSR count). The fourth-order valence-electron chi connectivity index (χ4n) is 3.98. The number of Topliss-reactive ketones (excluding diaryl/α,β-unsaturated/α-hetero) is 1. The van der Waals surface area contributed by atoms with E-state index in [1.54, 1.807) is 65.8 Å².